The molecule has 2 unspecified atom stereocenters. The third-order valence-electron chi connectivity index (χ3n) is 5.81. The van der Waals surface area contributed by atoms with Gasteiger partial charge in [0.05, 0.1) is 21.5 Å². The fourth-order valence-corrected chi connectivity index (χ4v) is 4.87. The second-order valence-electron chi connectivity index (χ2n) is 7.96. The molecular weight excluding hydrogens is 439 g/mol. The van der Waals surface area contributed by atoms with Gasteiger partial charge in [0.25, 0.3) is 0 Å². The molecule has 0 saturated heterocycles. The van der Waals surface area contributed by atoms with Gasteiger partial charge in [0.2, 0.25) is 10.0 Å². The summed E-state index contributed by atoms with van der Waals surface area (Å²) in [6, 6.07) is 17.2. The van der Waals surface area contributed by atoms with E-state index in [1.165, 1.54) is 18.2 Å². The Hall–Kier alpha value is -3.17. The van der Waals surface area contributed by atoms with Crippen molar-refractivity contribution in [1.82, 2.24) is 9.97 Å². The summed E-state index contributed by atoms with van der Waals surface area (Å²) in [6.07, 6.45) is -3.55. The minimum absolute atomic E-state index is 0.0414. The van der Waals surface area contributed by atoms with Crippen LogP contribution >= 0.6 is 0 Å². The summed E-state index contributed by atoms with van der Waals surface area (Å²) < 4.78 is 62.2. The monoisotopic (exact) mass is 457 g/mol. The highest BCUT2D eigenvalue weighted by atomic mass is 32.2. The van der Waals surface area contributed by atoms with Crippen molar-refractivity contribution >= 4 is 21.1 Å². The van der Waals surface area contributed by atoms with Gasteiger partial charge in [-0.15, -0.1) is 0 Å². The standard InChI is InChI=1S/C23H18F3N3O2S/c24-23(25,26)15-8-5-13(6-9-15)17-12-18(17)22-28-19-10-7-14(11-20(19)29-22)16-3-1-2-4-21(16)32(27,30)31/h1-11,17-18H,12H2,(H,28,29)(H2,27,30,31). The third-order valence-corrected chi connectivity index (χ3v) is 6.78. The van der Waals surface area contributed by atoms with Crippen LogP contribution in [-0.2, 0) is 16.2 Å². The first-order chi connectivity index (χ1) is 15.1. The molecule has 0 bridgehead atoms. The lowest BCUT2D eigenvalue weighted by atomic mass is 10.1. The second kappa shape index (κ2) is 7.18. The summed E-state index contributed by atoms with van der Waals surface area (Å²) >= 11 is 0. The van der Waals surface area contributed by atoms with E-state index in [1.807, 2.05) is 6.07 Å². The zero-order valence-corrected chi connectivity index (χ0v) is 17.4. The van der Waals surface area contributed by atoms with Crippen molar-refractivity contribution in [3.8, 4) is 11.1 Å². The third kappa shape index (κ3) is 3.78. The van der Waals surface area contributed by atoms with Crippen LogP contribution in [0.4, 0.5) is 13.2 Å². The number of nitrogens with one attached hydrogen (secondary N) is 1. The van der Waals surface area contributed by atoms with Crippen molar-refractivity contribution in [1.29, 1.82) is 0 Å². The molecule has 3 N–H and O–H groups in total. The van der Waals surface area contributed by atoms with E-state index in [0.717, 1.165) is 35.5 Å². The fourth-order valence-electron chi connectivity index (χ4n) is 4.11. The van der Waals surface area contributed by atoms with Crippen molar-refractivity contribution in [3.63, 3.8) is 0 Å². The van der Waals surface area contributed by atoms with Gasteiger partial charge in [-0.25, -0.2) is 18.5 Å². The summed E-state index contributed by atoms with van der Waals surface area (Å²) in [6.45, 7) is 0. The average Bonchev–Trinajstić information content (AvgIpc) is 3.44. The molecule has 1 aromatic heterocycles. The van der Waals surface area contributed by atoms with Gasteiger partial charge in [-0.1, -0.05) is 36.4 Å². The average molecular weight is 457 g/mol. The van der Waals surface area contributed by atoms with Gasteiger partial charge < -0.3 is 4.98 Å². The predicted molar refractivity (Wildman–Crippen MR) is 114 cm³/mol. The number of nitrogens with two attached hydrogens (primary N) is 1. The number of alkyl halides is 3. The van der Waals surface area contributed by atoms with Crippen LogP contribution in [-0.4, -0.2) is 18.4 Å². The second-order valence-corrected chi connectivity index (χ2v) is 9.49. The number of hydrogen-bond donors (Lipinski definition) is 2. The fraction of sp³-hybridized carbons (Fsp3) is 0.174. The first-order valence-electron chi connectivity index (χ1n) is 9.90. The summed E-state index contributed by atoms with van der Waals surface area (Å²) in [7, 11) is -3.88. The molecule has 4 aromatic rings. The highest BCUT2D eigenvalue weighted by Gasteiger charge is 2.42. The minimum Gasteiger partial charge on any atom is -0.342 e. The number of halogens is 3. The number of primary sulfonamides is 1. The molecule has 0 radical (unpaired) electrons. The van der Waals surface area contributed by atoms with Crippen molar-refractivity contribution in [3.05, 3.63) is 83.7 Å². The predicted octanol–water partition coefficient (Wildman–Crippen LogP) is 5.17. The van der Waals surface area contributed by atoms with E-state index < -0.39 is 21.8 Å². The van der Waals surface area contributed by atoms with Gasteiger partial charge in [0, 0.05) is 11.5 Å². The Bertz CT molecular complexity index is 1430. The SMILES string of the molecule is NS(=O)(=O)c1ccccc1-c1ccc2[nH]c(C3CC3c3ccc(C(F)(F)F)cc3)nc2c1. The maximum atomic E-state index is 12.8. The van der Waals surface area contributed by atoms with E-state index in [1.54, 1.807) is 30.3 Å². The molecule has 32 heavy (non-hydrogen) atoms. The van der Waals surface area contributed by atoms with Gasteiger partial charge in [-0.2, -0.15) is 13.2 Å². The minimum atomic E-state index is -4.35. The lowest BCUT2D eigenvalue weighted by Gasteiger charge is -2.07. The Kier molecular flexibility index (Phi) is 4.65. The van der Waals surface area contributed by atoms with E-state index in [4.69, 9.17) is 5.14 Å². The van der Waals surface area contributed by atoms with Crippen LogP contribution in [0, 0.1) is 0 Å². The van der Waals surface area contributed by atoms with E-state index in [-0.39, 0.29) is 16.7 Å². The van der Waals surface area contributed by atoms with Crippen molar-refractivity contribution in [2.45, 2.75) is 29.3 Å². The Morgan fingerprint density at radius 3 is 2.38 bits per heavy atom. The van der Waals surface area contributed by atoms with E-state index in [9.17, 15) is 21.6 Å². The number of benzene rings is 3. The lowest BCUT2D eigenvalue weighted by molar-refractivity contribution is -0.137. The molecule has 0 spiro atoms. The maximum Gasteiger partial charge on any atom is 0.416 e. The molecule has 5 nitrogen and oxygen atoms in total. The Morgan fingerprint density at radius 2 is 1.69 bits per heavy atom. The van der Waals surface area contributed by atoms with Gasteiger partial charge in [0.1, 0.15) is 5.82 Å². The topological polar surface area (TPSA) is 88.8 Å². The Morgan fingerprint density at radius 1 is 0.969 bits per heavy atom. The molecule has 1 aliphatic carbocycles. The Balaban J connectivity index is 1.43. The molecule has 164 valence electrons. The molecule has 5 rings (SSSR count). The normalized spacial score (nSPS) is 18.8. The number of aromatic nitrogens is 2. The molecule has 1 aliphatic rings. The van der Waals surface area contributed by atoms with Gasteiger partial charge in [0.15, 0.2) is 0 Å². The first-order valence-corrected chi connectivity index (χ1v) is 11.4. The number of imidazole rings is 1. The molecule has 1 heterocycles. The van der Waals surface area contributed by atoms with Crippen LogP contribution in [0.3, 0.4) is 0 Å². The van der Waals surface area contributed by atoms with Crippen LogP contribution in [0.2, 0.25) is 0 Å². The maximum absolute atomic E-state index is 12.8. The Labute approximate surface area is 182 Å². The quantitative estimate of drug-likeness (QED) is 0.443. The van der Waals surface area contributed by atoms with Crippen LogP contribution in [0.1, 0.15) is 35.2 Å². The molecular formula is C23H18F3N3O2S. The number of hydrogen-bond acceptors (Lipinski definition) is 3. The van der Waals surface area contributed by atoms with E-state index in [0.29, 0.717) is 16.6 Å². The summed E-state index contributed by atoms with van der Waals surface area (Å²) in [4.78, 5) is 7.99. The number of H-pyrrole nitrogens is 1. The number of rotatable bonds is 4. The van der Waals surface area contributed by atoms with E-state index >= 15 is 0 Å². The van der Waals surface area contributed by atoms with Crippen molar-refractivity contribution in [2.24, 2.45) is 5.14 Å². The van der Waals surface area contributed by atoms with Crippen LogP contribution in [0.25, 0.3) is 22.2 Å². The molecule has 1 saturated carbocycles. The number of nitrogens with zero attached hydrogens (tertiary/aromatic N) is 1. The summed E-state index contributed by atoms with van der Waals surface area (Å²) in [5.41, 5.74) is 2.85. The van der Waals surface area contributed by atoms with Crippen molar-refractivity contribution in [2.75, 3.05) is 0 Å². The van der Waals surface area contributed by atoms with Crippen molar-refractivity contribution < 1.29 is 21.6 Å². The lowest BCUT2D eigenvalue weighted by Crippen LogP contribution is -2.13. The van der Waals surface area contributed by atoms with Gasteiger partial charge >= 0.3 is 6.18 Å². The van der Waals surface area contributed by atoms with Gasteiger partial charge in [-0.05, 0) is 53.8 Å². The number of fused-ring (bicyclic) bond motifs is 1. The smallest absolute Gasteiger partial charge is 0.342 e. The highest BCUT2D eigenvalue weighted by Crippen LogP contribution is 2.54. The van der Waals surface area contributed by atoms with Crippen LogP contribution in [0.15, 0.2) is 71.6 Å². The largest absolute Gasteiger partial charge is 0.416 e. The number of aromatic amines is 1. The molecule has 2 atom stereocenters. The summed E-state index contributed by atoms with van der Waals surface area (Å²) in [5.74, 6) is 0.974. The molecule has 0 aliphatic heterocycles. The van der Waals surface area contributed by atoms with E-state index in [2.05, 4.69) is 9.97 Å². The van der Waals surface area contributed by atoms with Crippen LogP contribution < -0.4 is 5.14 Å². The zero-order valence-electron chi connectivity index (χ0n) is 16.6. The molecule has 3 aromatic carbocycles. The molecule has 1 fully saturated rings. The highest BCUT2D eigenvalue weighted by molar-refractivity contribution is 7.89. The summed E-state index contributed by atoms with van der Waals surface area (Å²) in [5, 5.41) is 5.35. The first kappa shape index (κ1) is 20.7. The molecule has 9 heteroatoms. The van der Waals surface area contributed by atoms with Crippen LogP contribution in [0.5, 0.6) is 0 Å². The molecule has 0 amide bonds. The number of sulfonamides is 1. The zero-order chi connectivity index (χ0) is 22.7. The van der Waals surface area contributed by atoms with Gasteiger partial charge in [-0.3, -0.25) is 0 Å².